The van der Waals surface area contributed by atoms with E-state index in [0.29, 0.717) is 17.6 Å². The van der Waals surface area contributed by atoms with E-state index in [1.165, 1.54) is 11.3 Å². The zero-order valence-electron chi connectivity index (χ0n) is 13.8. The van der Waals surface area contributed by atoms with Gasteiger partial charge in [0, 0.05) is 30.7 Å². The summed E-state index contributed by atoms with van der Waals surface area (Å²) in [5, 5.41) is 18.3. The summed E-state index contributed by atoms with van der Waals surface area (Å²) in [6.07, 6.45) is 3.86. The Balaban J connectivity index is 1.71. The third-order valence-electron chi connectivity index (χ3n) is 3.16. The Labute approximate surface area is 144 Å². The highest BCUT2D eigenvalue weighted by Gasteiger charge is 2.09. The summed E-state index contributed by atoms with van der Waals surface area (Å²) in [6, 6.07) is -0.248. The Morgan fingerprint density at radius 3 is 2.83 bits per heavy atom. The maximum atomic E-state index is 11.8. The summed E-state index contributed by atoms with van der Waals surface area (Å²) >= 11 is 3.10. The molecule has 0 saturated carbocycles. The molecule has 2 amide bonds. The summed E-state index contributed by atoms with van der Waals surface area (Å²) in [5.74, 6) is 0.448. The number of carbonyl (C=O) groups excluding carboxylic acids is 1. The molecule has 2 N–H and O–H groups in total. The van der Waals surface area contributed by atoms with Gasteiger partial charge in [-0.3, -0.25) is 5.32 Å². The number of nitrogens with zero attached hydrogens (tertiary/aromatic N) is 3. The van der Waals surface area contributed by atoms with E-state index in [9.17, 15) is 4.79 Å². The maximum Gasteiger partial charge on any atom is 0.321 e. The molecule has 0 aliphatic heterocycles. The molecule has 0 radical (unpaired) electrons. The molecule has 0 atom stereocenters. The van der Waals surface area contributed by atoms with Crippen LogP contribution in [-0.2, 0) is 12.8 Å². The van der Waals surface area contributed by atoms with Crippen LogP contribution in [0.5, 0.6) is 0 Å². The maximum absolute atomic E-state index is 11.8. The number of amides is 2. The van der Waals surface area contributed by atoms with Crippen molar-refractivity contribution in [3.8, 4) is 0 Å². The van der Waals surface area contributed by atoms with E-state index in [4.69, 9.17) is 0 Å². The van der Waals surface area contributed by atoms with Gasteiger partial charge in [-0.2, -0.15) is 0 Å². The number of urea groups is 1. The molecule has 0 aliphatic rings. The number of nitrogens with one attached hydrogen (secondary N) is 2. The summed E-state index contributed by atoms with van der Waals surface area (Å²) in [5.41, 5.74) is 1.02. The minimum Gasteiger partial charge on any atom is -0.337 e. The molecule has 0 saturated heterocycles. The van der Waals surface area contributed by atoms with Crippen LogP contribution in [0.3, 0.4) is 0 Å². The molecule has 0 aromatic carbocycles. The fourth-order valence-electron chi connectivity index (χ4n) is 1.88. The number of carbonyl (C=O) groups is 1. The zero-order chi connectivity index (χ0) is 16.7. The van der Waals surface area contributed by atoms with Crippen LogP contribution in [0.4, 0.5) is 9.93 Å². The fourth-order valence-corrected chi connectivity index (χ4v) is 3.53. The van der Waals surface area contributed by atoms with Gasteiger partial charge >= 0.3 is 6.03 Å². The van der Waals surface area contributed by atoms with Crippen molar-refractivity contribution in [1.29, 1.82) is 0 Å². The van der Waals surface area contributed by atoms with Crippen LogP contribution in [0.15, 0.2) is 5.38 Å². The van der Waals surface area contributed by atoms with Crippen LogP contribution in [0.1, 0.15) is 55.2 Å². The predicted molar refractivity (Wildman–Crippen MR) is 95.4 cm³/mol. The van der Waals surface area contributed by atoms with Crippen molar-refractivity contribution in [3.05, 3.63) is 21.1 Å². The second-order valence-corrected chi connectivity index (χ2v) is 7.52. The normalized spacial score (nSPS) is 11.0. The van der Waals surface area contributed by atoms with Crippen molar-refractivity contribution in [2.45, 2.75) is 52.4 Å². The van der Waals surface area contributed by atoms with E-state index in [-0.39, 0.29) is 6.03 Å². The summed E-state index contributed by atoms with van der Waals surface area (Å²) in [6.45, 7) is 6.95. The van der Waals surface area contributed by atoms with Crippen LogP contribution in [0, 0.1) is 0 Å². The average molecular weight is 354 g/mol. The van der Waals surface area contributed by atoms with Gasteiger partial charge in [0.2, 0.25) is 5.13 Å². The van der Waals surface area contributed by atoms with E-state index < -0.39 is 0 Å². The number of aromatic nitrogens is 3. The van der Waals surface area contributed by atoms with Crippen molar-refractivity contribution in [2.24, 2.45) is 0 Å². The molecule has 126 valence electrons. The SMILES string of the molecule is CCCCc1nnc(NC(=O)NCCc2csc(C(C)C)n2)s1. The summed E-state index contributed by atoms with van der Waals surface area (Å²) < 4.78 is 0. The van der Waals surface area contributed by atoms with Gasteiger partial charge in [-0.05, 0) is 6.42 Å². The minimum absolute atomic E-state index is 0.248. The molecule has 2 heterocycles. The molecule has 2 aromatic rings. The van der Waals surface area contributed by atoms with Crippen LogP contribution in [-0.4, -0.2) is 27.8 Å². The Morgan fingerprint density at radius 1 is 1.30 bits per heavy atom. The molecule has 0 unspecified atom stereocenters. The molecule has 2 aromatic heterocycles. The first-order chi connectivity index (χ1) is 11.1. The fraction of sp³-hybridized carbons (Fsp3) is 0.600. The highest BCUT2D eigenvalue weighted by molar-refractivity contribution is 7.15. The Morgan fingerprint density at radius 2 is 2.13 bits per heavy atom. The van der Waals surface area contributed by atoms with Gasteiger partial charge in [0.05, 0.1) is 10.7 Å². The number of hydrogen-bond donors (Lipinski definition) is 2. The Bertz CT molecular complexity index is 623. The van der Waals surface area contributed by atoms with E-state index in [1.807, 2.05) is 0 Å². The van der Waals surface area contributed by atoms with Crippen molar-refractivity contribution in [2.75, 3.05) is 11.9 Å². The third kappa shape index (κ3) is 5.87. The number of aryl methyl sites for hydroxylation is 1. The number of unbranched alkanes of at least 4 members (excludes halogenated alkanes) is 1. The minimum atomic E-state index is -0.248. The van der Waals surface area contributed by atoms with Gasteiger partial charge in [0.25, 0.3) is 0 Å². The van der Waals surface area contributed by atoms with Crippen molar-refractivity contribution in [1.82, 2.24) is 20.5 Å². The molecule has 23 heavy (non-hydrogen) atoms. The van der Waals surface area contributed by atoms with Crippen LogP contribution in [0.25, 0.3) is 0 Å². The van der Waals surface area contributed by atoms with Gasteiger partial charge < -0.3 is 5.32 Å². The molecule has 8 heteroatoms. The lowest BCUT2D eigenvalue weighted by Gasteiger charge is -2.03. The Kier molecular flexibility index (Phi) is 6.91. The first kappa shape index (κ1) is 17.8. The molecular formula is C15H23N5OS2. The number of rotatable bonds is 8. The van der Waals surface area contributed by atoms with E-state index in [2.05, 4.69) is 52.0 Å². The van der Waals surface area contributed by atoms with Crippen molar-refractivity contribution < 1.29 is 4.79 Å². The van der Waals surface area contributed by atoms with Gasteiger partial charge in [-0.25, -0.2) is 9.78 Å². The monoisotopic (exact) mass is 353 g/mol. The smallest absolute Gasteiger partial charge is 0.321 e. The third-order valence-corrected chi connectivity index (χ3v) is 5.25. The lowest BCUT2D eigenvalue weighted by atomic mass is 10.2. The molecule has 0 bridgehead atoms. The van der Waals surface area contributed by atoms with Gasteiger partial charge in [-0.15, -0.1) is 21.5 Å². The zero-order valence-corrected chi connectivity index (χ0v) is 15.4. The first-order valence-electron chi connectivity index (χ1n) is 7.90. The van der Waals surface area contributed by atoms with Crippen LogP contribution < -0.4 is 10.6 Å². The van der Waals surface area contributed by atoms with E-state index in [0.717, 1.165) is 41.4 Å². The van der Waals surface area contributed by atoms with Gasteiger partial charge in [0.15, 0.2) is 0 Å². The predicted octanol–water partition coefficient (Wildman–Crippen LogP) is 3.82. The number of thiazole rings is 1. The lowest BCUT2D eigenvalue weighted by molar-refractivity contribution is 0.252. The highest BCUT2D eigenvalue weighted by atomic mass is 32.1. The summed E-state index contributed by atoms with van der Waals surface area (Å²) in [4.78, 5) is 16.4. The van der Waals surface area contributed by atoms with E-state index in [1.54, 1.807) is 11.3 Å². The lowest BCUT2D eigenvalue weighted by Crippen LogP contribution is -2.30. The average Bonchev–Trinajstić information content (AvgIpc) is 3.14. The van der Waals surface area contributed by atoms with Crippen LogP contribution in [0.2, 0.25) is 0 Å². The van der Waals surface area contributed by atoms with Crippen molar-refractivity contribution in [3.63, 3.8) is 0 Å². The summed E-state index contributed by atoms with van der Waals surface area (Å²) in [7, 11) is 0. The second-order valence-electron chi connectivity index (χ2n) is 5.57. The van der Waals surface area contributed by atoms with Gasteiger partial charge in [0.1, 0.15) is 5.01 Å². The number of anilines is 1. The first-order valence-corrected chi connectivity index (χ1v) is 9.59. The van der Waals surface area contributed by atoms with Crippen LogP contribution >= 0.6 is 22.7 Å². The molecule has 2 rings (SSSR count). The van der Waals surface area contributed by atoms with E-state index >= 15 is 0 Å². The largest absolute Gasteiger partial charge is 0.337 e. The molecule has 0 spiro atoms. The molecule has 0 aliphatic carbocycles. The van der Waals surface area contributed by atoms with Crippen molar-refractivity contribution >= 4 is 33.8 Å². The van der Waals surface area contributed by atoms with Gasteiger partial charge in [-0.1, -0.05) is 38.5 Å². The molecule has 6 nitrogen and oxygen atoms in total. The molecule has 0 fully saturated rings. The topological polar surface area (TPSA) is 79.8 Å². The quantitative estimate of drug-likeness (QED) is 0.756. The number of hydrogen-bond acceptors (Lipinski definition) is 6. The second kappa shape index (κ2) is 8.93. The standard InChI is InChI=1S/C15H23N5OS2/c1-4-5-6-12-19-20-15(23-12)18-14(21)16-8-7-11-9-22-13(17-11)10(2)3/h9-10H,4-8H2,1-3H3,(H2,16,18,20,21). The molecular weight excluding hydrogens is 330 g/mol. The highest BCUT2D eigenvalue weighted by Crippen LogP contribution is 2.19. The Hall–Kier alpha value is -1.54.